The fourth-order valence-electron chi connectivity index (χ4n) is 3.51. The zero-order valence-electron chi connectivity index (χ0n) is 19.0. The van der Waals surface area contributed by atoms with Gasteiger partial charge in [0, 0.05) is 28.5 Å². The molecule has 3 aromatic rings. The van der Waals surface area contributed by atoms with Gasteiger partial charge in [-0.15, -0.1) is 11.3 Å². The van der Waals surface area contributed by atoms with Crippen molar-refractivity contribution in [3.8, 4) is 0 Å². The fraction of sp³-hybridized carbons (Fsp3) is 0.308. The fourth-order valence-corrected chi connectivity index (χ4v) is 4.41. The third-order valence-corrected chi connectivity index (χ3v) is 6.07. The SMILES string of the molecule is CCCN(CC(=O)N(Cc1ccccc1)Cc1ccc(C)s1)C(=O)Nc1cccc(C)c1. The largest absolute Gasteiger partial charge is 0.332 e. The predicted molar refractivity (Wildman–Crippen MR) is 132 cm³/mol. The highest BCUT2D eigenvalue weighted by molar-refractivity contribution is 7.11. The Hall–Kier alpha value is -3.12. The van der Waals surface area contributed by atoms with E-state index in [0.717, 1.165) is 28.1 Å². The van der Waals surface area contributed by atoms with Crippen molar-refractivity contribution in [2.75, 3.05) is 18.4 Å². The van der Waals surface area contributed by atoms with Crippen LogP contribution in [0.2, 0.25) is 0 Å². The van der Waals surface area contributed by atoms with Gasteiger partial charge in [0.15, 0.2) is 0 Å². The van der Waals surface area contributed by atoms with E-state index in [4.69, 9.17) is 0 Å². The molecule has 5 nitrogen and oxygen atoms in total. The van der Waals surface area contributed by atoms with Crippen molar-refractivity contribution in [2.24, 2.45) is 0 Å². The monoisotopic (exact) mass is 449 g/mol. The highest BCUT2D eigenvalue weighted by atomic mass is 32.1. The first-order valence-corrected chi connectivity index (χ1v) is 11.8. The summed E-state index contributed by atoms with van der Waals surface area (Å²) in [5, 5.41) is 2.93. The van der Waals surface area contributed by atoms with Gasteiger partial charge in [-0.1, -0.05) is 49.4 Å². The summed E-state index contributed by atoms with van der Waals surface area (Å²) in [4.78, 5) is 32.1. The molecular weight excluding hydrogens is 418 g/mol. The van der Waals surface area contributed by atoms with Gasteiger partial charge in [0.25, 0.3) is 0 Å². The van der Waals surface area contributed by atoms with Crippen LogP contribution in [0.3, 0.4) is 0 Å². The van der Waals surface area contributed by atoms with E-state index >= 15 is 0 Å². The molecule has 0 saturated heterocycles. The average molecular weight is 450 g/mol. The third-order valence-electron chi connectivity index (χ3n) is 5.09. The first-order chi connectivity index (χ1) is 15.4. The van der Waals surface area contributed by atoms with Crippen LogP contribution in [0.5, 0.6) is 0 Å². The van der Waals surface area contributed by atoms with Crippen molar-refractivity contribution in [1.29, 1.82) is 0 Å². The highest BCUT2D eigenvalue weighted by Crippen LogP contribution is 2.19. The minimum Gasteiger partial charge on any atom is -0.332 e. The van der Waals surface area contributed by atoms with Crippen molar-refractivity contribution in [2.45, 2.75) is 40.3 Å². The number of rotatable bonds is 9. The van der Waals surface area contributed by atoms with Gasteiger partial charge in [-0.05, 0) is 55.7 Å². The average Bonchev–Trinajstić information content (AvgIpc) is 3.18. The Morgan fingerprint density at radius 1 is 0.906 bits per heavy atom. The normalized spacial score (nSPS) is 10.6. The number of anilines is 1. The molecule has 168 valence electrons. The predicted octanol–water partition coefficient (Wildman–Crippen LogP) is 5.84. The van der Waals surface area contributed by atoms with E-state index < -0.39 is 0 Å². The van der Waals surface area contributed by atoms with Gasteiger partial charge >= 0.3 is 6.03 Å². The number of urea groups is 1. The van der Waals surface area contributed by atoms with Gasteiger partial charge in [-0.3, -0.25) is 4.79 Å². The van der Waals surface area contributed by atoms with Crippen LogP contribution in [0.25, 0.3) is 0 Å². The molecule has 0 aliphatic carbocycles. The maximum atomic E-state index is 13.4. The van der Waals surface area contributed by atoms with E-state index in [2.05, 4.69) is 24.4 Å². The molecule has 0 spiro atoms. The van der Waals surface area contributed by atoms with E-state index in [9.17, 15) is 9.59 Å². The van der Waals surface area contributed by atoms with Crippen LogP contribution in [0.4, 0.5) is 10.5 Å². The van der Waals surface area contributed by atoms with Crippen LogP contribution in [-0.4, -0.2) is 34.8 Å². The van der Waals surface area contributed by atoms with Crippen LogP contribution >= 0.6 is 11.3 Å². The van der Waals surface area contributed by atoms with Crippen molar-refractivity contribution in [3.05, 3.63) is 87.6 Å². The summed E-state index contributed by atoms with van der Waals surface area (Å²) in [6.45, 7) is 7.66. The summed E-state index contributed by atoms with van der Waals surface area (Å²) in [5.74, 6) is -0.0623. The smallest absolute Gasteiger partial charge is 0.322 e. The Morgan fingerprint density at radius 2 is 1.69 bits per heavy atom. The minimum absolute atomic E-state index is 0.0443. The molecule has 0 unspecified atom stereocenters. The van der Waals surface area contributed by atoms with Gasteiger partial charge in [0.1, 0.15) is 6.54 Å². The third kappa shape index (κ3) is 6.95. The quantitative estimate of drug-likeness (QED) is 0.446. The Balaban J connectivity index is 1.73. The van der Waals surface area contributed by atoms with E-state index in [-0.39, 0.29) is 18.5 Å². The van der Waals surface area contributed by atoms with Gasteiger partial charge < -0.3 is 15.1 Å². The van der Waals surface area contributed by atoms with Gasteiger partial charge in [-0.25, -0.2) is 4.79 Å². The van der Waals surface area contributed by atoms with Crippen molar-refractivity contribution in [1.82, 2.24) is 9.80 Å². The molecule has 0 aliphatic rings. The summed E-state index contributed by atoms with van der Waals surface area (Å²) in [5.41, 5.74) is 2.88. The van der Waals surface area contributed by atoms with E-state index in [0.29, 0.717) is 19.6 Å². The number of amides is 3. The van der Waals surface area contributed by atoms with Gasteiger partial charge in [-0.2, -0.15) is 0 Å². The number of thiophene rings is 1. The Kier molecular flexibility index (Phi) is 8.45. The Bertz CT molecular complexity index is 1030. The van der Waals surface area contributed by atoms with Gasteiger partial charge in [0.2, 0.25) is 5.91 Å². The van der Waals surface area contributed by atoms with Crippen LogP contribution in [0.1, 0.15) is 34.2 Å². The molecule has 1 heterocycles. The number of nitrogens with one attached hydrogen (secondary N) is 1. The minimum atomic E-state index is -0.252. The topological polar surface area (TPSA) is 52.7 Å². The summed E-state index contributed by atoms with van der Waals surface area (Å²) >= 11 is 1.70. The van der Waals surface area contributed by atoms with Crippen LogP contribution in [0.15, 0.2) is 66.7 Å². The number of nitrogens with zero attached hydrogens (tertiary/aromatic N) is 2. The number of hydrogen-bond acceptors (Lipinski definition) is 3. The lowest BCUT2D eigenvalue weighted by Gasteiger charge is -2.27. The molecule has 6 heteroatoms. The Labute approximate surface area is 194 Å². The molecule has 3 amide bonds. The lowest BCUT2D eigenvalue weighted by atomic mass is 10.2. The van der Waals surface area contributed by atoms with Crippen molar-refractivity contribution >= 4 is 29.0 Å². The number of benzene rings is 2. The molecule has 2 aromatic carbocycles. The van der Waals surface area contributed by atoms with Gasteiger partial charge in [0.05, 0.1) is 6.54 Å². The van der Waals surface area contributed by atoms with Crippen LogP contribution in [-0.2, 0) is 17.9 Å². The lowest BCUT2D eigenvalue weighted by Crippen LogP contribution is -2.44. The second kappa shape index (κ2) is 11.5. The molecule has 0 saturated carbocycles. The molecule has 32 heavy (non-hydrogen) atoms. The maximum absolute atomic E-state index is 13.4. The summed E-state index contributed by atoms with van der Waals surface area (Å²) in [6.07, 6.45) is 0.775. The standard InChI is InChI=1S/C26H31N3O2S/c1-4-15-28(26(31)27-23-12-8-9-20(2)16-23)19-25(30)29(17-22-10-6-5-7-11-22)18-24-14-13-21(3)32-24/h5-14,16H,4,15,17-19H2,1-3H3,(H,27,31). The van der Waals surface area contributed by atoms with Crippen LogP contribution < -0.4 is 5.32 Å². The molecule has 3 rings (SSSR count). The van der Waals surface area contributed by atoms with E-state index in [1.807, 2.05) is 73.3 Å². The van der Waals surface area contributed by atoms with Crippen molar-refractivity contribution < 1.29 is 9.59 Å². The molecule has 1 N–H and O–H groups in total. The summed E-state index contributed by atoms with van der Waals surface area (Å²) in [7, 11) is 0. The molecule has 0 bridgehead atoms. The number of carbonyl (C=O) groups is 2. The molecule has 0 radical (unpaired) electrons. The molecule has 0 fully saturated rings. The summed E-state index contributed by atoms with van der Waals surface area (Å²) in [6, 6.07) is 21.5. The Morgan fingerprint density at radius 3 is 2.34 bits per heavy atom. The van der Waals surface area contributed by atoms with Crippen LogP contribution in [0, 0.1) is 13.8 Å². The highest BCUT2D eigenvalue weighted by Gasteiger charge is 2.22. The zero-order valence-corrected chi connectivity index (χ0v) is 19.8. The lowest BCUT2D eigenvalue weighted by molar-refractivity contribution is -0.133. The number of hydrogen-bond donors (Lipinski definition) is 1. The molecule has 0 aliphatic heterocycles. The molecular formula is C26H31N3O2S. The number of aryl methyl sites for hydroxylation is 2. The molecule has 1 aromatic heterocycles. The zero-order chi connectivity index (χ0) is 22.9. The maximum Gasteiger partial charge on any atom is 0.322 e. The second-order valence-electron chi connectivity index (χ2n) is 7.97. The van der Waals surface area contributed by atoms with E-state index in [1.54, 1.807) is 16.2 Å². The first kappa shape index (κ1) is 23.5. The molecule has 0 atom stereocenters. The van der Waals surface area contributed by atoms with Crippen molar-refractivity contribution in [3.63, 3.8) is 0 Å². The summed E-state index contributed by atoms with van der Waals surface area (Å²) < 4.78 is 0. The first-order valence-electron chi connectivity index (χ1n) is 10.9. The second-order valence-corrected chi connectivity index (χ2v) is 9.34. The number of carbonyl (C=O) groups excluding carboxylic acids is 2. The van der Waals surface area contributed by atoms with E-state index in [1.165, 1.54) is 4.88 Å².